The lowest BCUT2D eigenvalue weighted by Gasteiger charge is -2.11. The molecule has 2 rings (SSSR count). The number of rotatable bonds is 5. The molecule has 1 atom stereocenters. The molecule has 2 N–H and O–H groups in total. The molecule has 20 heavy (non-hydrogen) atoms. The highest BCUT2D eigenvalue weighted by Crippen LogP contribution is 2.28. The summed E-state index contributed by atoms with van der Waals surface area (Å²) in [4.78, 5) is 23.0. The molecule has 1 heterocycles. The normalized spacial score (nSPS) is 12.3. The molecular formula is C14H15NO4S. The Bertz CT molecular complexity index is 650. The minimum Gasteiger partial charge on any atom is -0.477 e. The molecule has 1 aromatic carbocycles. The zero-order valence-corrected chi connectivity index (χ0v) is 12.0. The number of anilines is 1. The highest BCUT2D eigenvalue weighted by molar-refractivity contribution is 7.20. The number of carboxylic acids is 1. The first kappa shape index (κ1) is 14.5. The van der Waals surface area contributed by atoms with Crippen LogP contribution >= 0.6 is 11.3 Å². The summed E-state index contributed by atoms with van der Waals surface area (Å²) in [6.45, 7) is 3.99. The van der Waals surface area contributed by atoms with Crippen LogP contribution in [-0.2, 0) is 9.53 Å². The Morgan fingerprint density at radius 2 is 2.15 bits per heavy atom. The fourth-order valence-corrected chi connectivity index (χ4v) is 2.68. The fraction of sp³-hybridized carbons (Fsp3) is 0.286. The molecule has 5 nitrogen and oxygen atoms in total. The van der Waals surface area contributed by atoms with E-state index in [0.29, 0.717) is 12.3 Å². The SMILES string of the molecule is CCOC(C)C(=O)Nc1ccc2sc(C(=O)O)cc2c1. The van der Waals surface area contributed by atoms with Gasteiger partial charge in [-0.1, -0.05) is 0 Å². The Hall–Kier alpha value is -1.92. The van der Waals surface area contributed by atoms with E-state index >= 15 is 0 Å². The van der Waals surface area contributed by atoms with E-state index in [0.717, 1.165) is 10.1 Å². The minimum atomic E-state index is -0.943. The molecule has 2 aromatic rings. The van der Waals surface area contributed by atoms with Gasteiger partial charge < -0.3 is 15.2 Å². The average Bonchev–Trinajstić information content (AvgIpc) is 2.82. The largest absolute Gasteiger partial charge is 0.477 e. The second-order valence-electron chi connectivity index (χ2n) is 4.26. The fourth-order valence-electron chi connectivity index (χ4n) is 1.80. The van der Waals surface area contributed by atoms with Crippen molar-refractivity contribution in [2.45, 2.75) is 20.0 Å². The van der Waals surface area contributed by atoms with E-state index in [9.17, 15) is 9.59 Å². The van der Waals surface area contributed by atoms with Gasteiger partial charge in [0.25, 0.3) is 5.91 Å². The summed E-state index contributed by atoms with van der Waals surface area (Å²) >= 11 is 1.21. The van der Waals surface area contributed by atoms with Crippen LogP contribution in [0.15, 0.2) is 24.3 Å². The van der Waals surface area contributed by atoms with Crippen molar-refractivity contribution >= 4 is 39.0 Å². The zero-order valence-electron chi connectivity index (χ0n) is 11.2. The molecule has 1 aromatic heterocycles. The van der Waals surface area contributed by atoms with Gasteiger partial charge in [-0.2, -0.15) is 0 Å². The van der Waals surface area contributed by atoms with Crippen molar-refractivity contribution in [3.8, 4) is 0 Å². The van der Waals surface area contributed by atoms with E-state index in [1.165, 1.54) is 11.3 Å². The van der Waals surface area contributed by atoms with Gasteiger partial charge in [-0.15, -0.1) is 11.3 Å². The van der Waals surface area contributed by atoms with E-state index in [1.807, 2.05) is 6.92 Å². The summed E-state index contributed by atoms with van der Waals surface area (Å²) in [6, 6.07) is 6.91. The second kappa shape index (κ2) is 6.02. The third kappa shape index (κ3) is 3.15. The van der Waals surface area contributed by atoms with Gasteiger partial charge in [0.05, 0.1) is 0 Å². The van der Waals surface area contributed by atoms with Gasteiger partial charge in [0.15, 0.2) is 0 Å². The summed E-state index contributed by atoms with van der Waals surface area (Å²) in [6.07, 6.45) is -0.521. The maximum atomic E-state index is 11.8. The van der Waals surface area contributed by atoms with E-state index in [-0.39, 0.29) is 10.8 Å². The summed E-state index contributed by atoms with van der Waals surface area (Å²) < 4.78 is 6.08. The van der Waals surface area contributed by atoms with Crippen LogP contribution in [-0.4, -0.2) is 29.7 Å². The first-order valence-electron chi connectivity index (χ1n) is 6.20. The molecule has 1 amide bonds. The predicted molar refractivity (Wildman–Crippen MR) is 78.5 cm³/mol. The third-order valence-electron chi connectivity index (χ3n) is 2.78. The van der Waals surface area contributed by atoms with Crippen LogP contribution in [0.25, 0.3) is 10.1 Å². The van der Waals surface area contributed by atoms with Gasteiger partial charge in [-0.3, -0.25) is 4.79 Å². The first-order chi connectivity index (χ1) is 9.51. The Morgan fingerprint density at radius 1 is 1.40 bits per heavy atom. The molecule has 0 saturated heterocycles. The minimum absolute atomic E-state index is 0.222. The van der Waals surface area contributed by atoms with Crippen LogP contribution in [0.1, 0.15) is 23.5 Å². The van der Waals surface area contributed by atoms with Crippen molar-refractivity contribution < 1.29 is 19.4 Å². The molecule has 0 aliphatic heterocycles. The van der Waals surface area contributed by atoms with Crippen molar-refractivity contribution in [2.24, 2.45) is 0 Å². The standard InChI is InChI=1S/C14H15NO4S/c1-3-19-8(2)13(16)15-10-4-5-11-9(6-10)7-12(20-11)14(17)18/h4-8H,3H2,1-2H3,(H,15,16)(H,17,18). The van der Waals surface area contributed by atoms with Crippen LogP contribution in [0.2, 0.25) is 0 Å². The molecule has 0 fully saturated rings. The Balaban J connectivity index is 2.19. The Labute approximate surface area is 120 Å². The molecule has 0 spiro atoms. The predicted octanol–water partition coefficient (Wildman–Crippen LogP) is 2.96. The maximum Gasteiger partial charge on any atom is 0.345 e. The number of amides is 1. The first-order valence-corrected chi connectivity index (χ1v) is 7.02. The Morgan fingerprint density at radius 3 is 2.80 bits per heavy atom. The van der Waals surface area contributed by atoms with Crippen molar-refractivity contribution in [1.29, 1.82) is 0 Å². The summed E-state index contributed by atoms with van der Waals surface area (Å²) in [5.74, 6) is -1.17. The number of ether oxygens (including phenoxy) is 1. The zero-order chi connectivity index (χ0) is 14.7. The number of nitrogens with one attached hydrogen (secondary N) is 1. The molecule has 0 saturated carbocycles. The molecule has 0 bridgehead atoms. The lowest BCUT2D eigenvalue weighted by molar-refractivity contribution is -0.126. The van der Waals surface area contributed by atoms with E-state index < -0.39 is 12.1 Å². The van der Waals surface area contributed by atoms with Crippen molar-refractivity contribution in [3.05, 3.63) is 29.1 Å². The number of aromatic carboxylic acids is 1. The smallest absolute Gasteiger partial charge is 0.345 e. The molecule has 1 unspecified atom stereocenters. The van der Waals surface area contributed by atoms with Crippen LogP contribution in [0.3, 0.4) is 0 Å². The van der Waals surface area contributed by atoms with Crippen LogP contribution in [0.4, 0.5) is 5.69 Å². The highest BCUT2D eigenvalue weighted by atomic mass is 32.1. The van der Waals surface area contributed by atoms with E-state index in [2.05, 4.69) is 5.32 Å². The molecule has 106 valence electrons. The number of hydrogen-bond donors (Lipinski definition) is 2. The van der Waals surface area contributed by atoms with Gasteiger partial charge in [0.1, 0.15) is 11.0 Å². The van der Waals surface area contributed by atoms with Crippen molar-refractivity contribution in [3.63, 3.8) is 0 Å². The van der Waals surface area contributed by atoms with Gasteiger partial charge in [0.2, 0.25) is 0 Å². The van der Waals surface area contributed by atoms with E-state index in [4.69, 9.17) is 9.84 Å². The lowest BCUT2D eigenvalue weighted by Crippen LogP contribution is -2.27. The number of carbonyl (C=O) groups is 2. The molecule has 0 radical (unpaired) electrons. The number of fused-ring (bicyclic) bond motifs is 1. The molecule has 6 heteroatoms. The number of hydrogen-bond acceptors (Lipinski definition) is 4. The lowest BCUT2D eigenvalue weighted by atomic mass is 10.2. The maximum absolute atomic E-state index is 11.8. The number of carboxylic acid groups (broad SMARTS) is 1. The monoisotopic (exact) mass is 293 g/mol. The van der Waals surface area contributed by atoms with Crippen LogP contribution < -0.4 is 5.32 Å². The van der Waals surface area contributed by atoms with Gasteiger partial charge in [0, 0.05) is 17.0 Å². The molecule has 0 aliphatic rings. The number of thiophene rings is 1. The van der Waals surface area contributed by atoms with Crippen LogP contribution in [0.5, 0.6) is 0 Å². The summed E-state index contributed by atoms with van der Waals surface area (Å²) in [7, 11) is 0. The number of carbonyl (C=O) groups excluding carboxylic acids is 1. The third-order valence-corrected chi connectivity index (χ3v) is 3.88. The molecule has 0 aliphatic carbocycles. The van der Waals surface area contributed by atoms with Crippen LogP contribution in [0, 0.1) is 0 Å². The average molecular weight is 293 g/mol. The van der Waals surface area contributed by atoms with E-state index in [1.54, 1.807) is 31.2 Å². The second-order valence-corrected chi connectivity index (χ2v) is 5.34. The summed E-state index contributed by atoms with van der Waals surface area (Å²) in [5, 5.41) is 12.5. The van der Waals surface area contributed by atoms with Crippen molar-refractivity contribution in [1.82, 2.24) is 0 Å². The van der Waals surface area contributed by atoms with Gasteiger partial charge >= 0.3 is 5.97 Å². The van der Waals surface area contributed by atoms with Gasteiger partial charge in [-0.05, 0) is 43.5 Å². The van der Waals surface area contributed by atoms with Crippen molar-refractivity contribution in [2.75, 3.05) is 11.9 Å². The quantitative estimate of drug-likeness (QED) is 0.888. The number of benzene rings is 1. The van der Waals surface area contributed by atoms with Gasteiger partial charge in [-0.25, -0.2) is 4.79 Å². The Kier molecular flexibility index (Phi) is 4.36. The topological polar surface area (TPSA) is 75.6 Å². The summed E-state index contributed by atoms with van der Waals surface area (Å²) in [5.41, 5.74) is 0.629. The highest BCUT2D eigenvalue weighted by Gasteiger charge is 2.13. The molecular weight excluding hydrogens is 278 g/mol.